The molecule has 4 rings (SSSR count). The number of amides is 3. The Bertz CT molecular complexity index is 1180. The van der Waals surface area contributed by atoms with Gasteiger partial charge in [-0.1, -0.05) is 30.7 Å². The molecule has 3 atom stereocenters. The van der Waals surface area contributed by atoms with E-state index in [0.29, 0.717) is 17.9 Å². The van der Waals surface area contributed by atoms with Gasteiger partial charge in [0.05, 0.1) is 16.8 Å². The molecule has 2 fully saturated rings. The van der Waals surface area contributed by atoms with Crippen LogP contribution in [0.15, 0.2) is 48.5 Å². The van der Waals surface area contributed by atoms with Crippen LogP contribution in [0.25, 0.3) is 0 Å². The molecule has 0 unspecified atom stereocenters. The molecule has 2 aliphatic rings. The number of carbonyl (C=O) groups is 4. The van der Waals surface area contributed by atoms with Crippen LogP contribution >= 0.6 is 11.6 Å². The van der Waals surface area contributed by atoms with E-state index in [1.54, 1.807) is 0 Å². The molecular weight excluding hydrogens is 462 g/mol. The molecule has 2 aromatic carbocycles. The predicted octanol–water partition coefficient (Wildman–Crippen LogP) is 3.91. The second-order valence-electron chi connectivity index (χ2n) is 8.69. The van der Waals surface area contributed by atoms with Gasteiger partial charge in [0, 0.05) is 16.7 Å². The number of nitrogens with zero attached hydrogens (tertiary/aromatic N) is 3. The number of para-hydroxylation sites is 1. The first kappa shape index (κ1) is 23.6. The normalized spacial score (nSPS) is 21.8. The Labute approximate surface area is 200 Å². The number of halogens is 1. The molecule has 0 aromatic heterocycles. The molecule has 10 heteroatoms. The summed E-state index contributed by atoms with van der Waals surface area (Å²) in [5, 5.41) is 13.4. The highest BCUT2D eigenvalue weighted by molar-refractivity contribution is 6.30. The average molecular weight is 484 g/mol. The maximum Gasteiger partial charge on any atom is 0.282 e. The Morgan fingerprint density at radius 3 is 2.38 bits per heavy atom. The lowest BCUT2D eigenvalue weighted by atomic mass is 9.76. The van der Waals surface area contributed by atoms with Gasteiger partial charge >= 0.3 is 0 Å². The molecule has 0 radical (unpaired) electrons. The molecule has 176 valence electrons. The standard InChI is InChI=1S/C24H22ClN3O6/c1-14-6-11-17-19(12-14)24(32)27(23(17)31)26(13-21(29)15-7-9-16(25)10-8-15)22(30)18-4-2-3-5-20(18)28(33)34/h2-5,7-10,14,17,19H,6,11-13H2,1H3/t14-,17+,19+/m1/s1. The van der Waals surface area contributed by atoms with Gasteiger partial charge < -0.3 is 0 Å². The SMILES string of the molecule is C[C@@H]1CC[C@@H]2C(=O)N(N(CC(=O)c3ccc(Cl)cc3)C(=O)c3ccccc3[N+](=O)[O-])C(=O)[C@H]2C1. The first-order valence-electron chi connectivity index (χ1n) is 10.9. The summed E-state index contributed by atoms with van der Waals surface area (Å²) in [5.41, 5.74) is -0.586. The number of nitro groups is 1. The number of nitro benzene ring substituents is 1. The Morgan fingerprint density at radius 2 is 1.71 bits per heavy atom. The first-order chi connectivity index (χ1) is 16.2. The van der Waals surface area contributed by atoms with E-state index in [4.69, 9.17) is 11.6 Å². The highest BCUT2D eigenvalue weighted by Gasteiger charge is 2.53. The second-order valence-corrected chi connectivity index (χ2v) is 9.12. The van der Waals surface area contributed by atoms with E-state index < -0.39 is 52.5 Å². The van der Waals surface area contributed by atoms with Crippen molar-refractivity contribution in [3.8, 4) is 0 Å². The van der Waals surface area contributed by atoms with Crippen molar-refractivity contribution in [3.63, 3.8) is 0 Å². The third kappa shape index (κ3) is 4.31. The number of hydrogen-bond acceptors (Lipinski definition) is 6. The van der Waals surface area contributed by atoms with Crippen molar-refractivity contribution in [1.82, 2.24) is 10.0 Å². The summed E-state index contributed by atoms with van der Waals surface area (Å²) in [6.07, 6.45) is 1.78. The lowest BCUT2D eigenvalue weighted by Crippen LogP contribution is -2.52. The van der Waals surface area contributed by atoms with E-state index in [0.717, 1.165) is 22.5 Å². The minimum Gasteiger partial charge on any atom is -0.292 e. The maximum atomic E-state index is 13.5. The van der Waals surface area contributed by atoms with Crippen molar-refractivity contribution in [2.24, 2.45) is 17.8 Å². The Kier molecular flexibility index (Phi) is 6.47. The lowest BCUT2D eigenvalue weighted by Gasteiger charge is -2.30. The molecule has 1 saturated heterocycles. The average Bonchev–Trinajstić information content (AvgIpc) is 3.06. The minimum atomic E-state index is -0.969. The number of carbonyl (C=O) groups excluding carboxylic acids is 4. The number of hydrogen-bond donors (Lipinski definition) is 0. The maximum absolute atomic E-state index is 13.5. The highest BCUT2D eigenvalue weighted by atomic mass is 35.5. The number of rotatable bonds is 6. The van der Waals surface area contributed by atoms with Crippen molar-refractivity contribution >= 4 is 40.8 Å². The van der Waals surface area contributed by atoms with Crippen molar-refractivity contribution in [2.45, 2.75) is 26.2 Å². The zero-order valence-electron chi connectivity index (χ0n) is 18.3. The van der Waals surface area contributed by atoms with E-state index in [1.165, 1.54) is 42.5 Å². The minimum absolute atomic E-state index is 0.217. The Balaban J connectivity index is 1.74. The summed E-state index contributed by atoms with van der Waals surface area (Å²) < 4.78 is 0. The zero-order valence-corrected chi connectivity index (χ0v) is 19.1. The van der Waals surface area contributed by atoms with Crippen molar-refractivity contribution < 1.29 is 24.1 Å². The molecule has 9 nitrogen and oxygen atoms in total. The van der Waals surface area contributed by atoms with Crippen LogP contribution in [-0.2, 0) is 9.59 Å². The van der Waals surface area contributed by atoms with Gasteiger partial charge in [-0.3, -0.25) is 29.3 Å². The van der Waals surface area contributed by atoms with Crippen LogP contribution in [0.3, 0.4) is 0 Å². The van der Waals surface area contributed by atoms with Crippen molar-refractivity contribution in [3.05, 3.63) is 74.8 Å². The van der Waals surface area contributed by atoms with Crippen LogP contribution in [0, 0.1) is 27.9 Å². The number of hydrazine groups is 1. The second kappa shape index (κ2) is 9.34. The molecule has 1 heterocycles. The fourth-order valence-corrected chi connectivity index (χ4v) is 4.79. The van der Waals surface area contributed by atoms with Gasteiger partial charge in [0.15, 0.2) is 5.78 Å². The largest absolute Gasteiger partial charge is 0.292 e. The number of fused-ring (bicyclic) bond motifs is 1. The monoisotopic (exact) mass is 483 g/mol. The van der Waals surface area contributed by atoms with Gasteiger partial charge in [0.25, 0.3) is 23.4 Å². The third-order valence-corrected chi connectivity index (χ3v) is 6.68. The van der Waals surface area contributed by atoms with Gasteiger partial charge in [-0.25, -0.2) is 5.01 Å². The third-order valence-electron chi connectivity index (χ3n) is 6.43. The van der Waals surface area contributed by atoms with E-state index in [-0.39, 0.29) is 17.0 Å². The van der Waals surface area contributed by atoms with Crippen molar-refractivity contribution in [2.75, 3.05) is 6.54 Å². The van der Waals surface area contributed by atoms with Gasteiger partial charge in [-0.05, 0) is 55.5 Å². The van der Waals surface area contributed by atoms with Crippen LogP contribution in [0.4, 0.5) is 5.69 Å². The molecule has 3 amide bonds. The molecule has 1 saturated carbocycles. The fourth-order valence-electron chi connectivity index (χ4n) is 4.66. The Morgan fingerprint density at radius 1 is 1.06 bits per heavy atom. The topological polar surface area (TPSA) is 118 Å². The fraction of sp³-hybridized carbons (Fsp3) is 0.333. The van der Waals surface area contributed by atoms with Gasteiger partial charge in [-0.15, -0.1) is 0 Å². The van der Waals surface area contributed by atoms with Crippen LogP contribution < -0.4 is 0 Å². The molecule has 34 heavy (non-hydrogen) atoms. The van der Waals surface area contributed by atoms with Crippen LogP contribution in [-0.4, -0.2) is 45.0 Å². The molecule has 0 spiro atoms. The van der Waals surface area contributed by atoms with Crippen LogP contribution in [0.1, 0.15) is 46.9 Å². The summed E-state index contributed by atoms with van der Waals surface area (Å²) in [6.45, 7) is 1.36. The van der Waals surface area contributed by atoms with E-state index >= 15 is 0 Å². The molecule has 0 N–H and O–H groups in total. The summed E-state index contributed by atoms with van der Waals surface area (Å²) in [7, 11) is 0. The smallest absolute Gasteiger partial charge is 0.282 e. The molecule has 1 aliphatic heterocycles. The summed E-state index contributed by atoms with van der Waals surface area (Å²) in [4.78, 5) is 63.9. The van der Waals surface area contributed by atoms with Crippen molar-refractivity contribution in [1.29, 1.82) is 0 Å². The van der Waals surface area contributed by atoms with Crippen LogP contribution in [0.2, 0.25) is 5.02 Å². The number of imide groups is 1. The highest BCUT2D eigenvalue weighted by Crippen LogP contribution is 2.41. The van der Waals surface area contributed by atoms with E-state index in [2.05, 4.69) is 0 Å². The van der Waals surface area contributed by atoms with Gasteiger partial charge in [-0.2, -0.15) is 5.01 Å². The van der Waals surface area contributed by atoms with E-state index in [9.17, 15) is 29.3 Å². The van der Waals surface area contributed by atoms with Gasteiger partial charge in [0.1, 0.15) is 12.1 Å². The summed E-state index contributed by atoms with van der Waals surface area (Å²) in [5.74, 6) is -3.54. The summed E-state index contributed by atoms with van der Waals surface area (Å²) >= 11 is 5.89. The lowest BCUT2D eigenvalue weighted by molar-refractivity contribution is -0.385. The number of ketones is 1. The molecular formula is C24H22ClN3O6. The van der Waals surface area contributed by atoms with E-state index in [1.807, 2.05) is 6.92 Å². The summed E-state index contributed by atoms with van der Waals surface area (Å²) in [6, 6.07) is 11.2. The number of benzene rings is 2. The van der Waals surface area contributed by atoms with Gasteiger partial charge in [0.2, 0.25) is 0 Å². The molecule has 2 aromatic rings. The Hall–Kier alpha value is -3.59. The first-order valence-corrected chi connectivity index (χ1v) is 11.3. The molecule has 1 aliphatic carbocycles. The quantitative estimate of drug-likeness (QED) is 0.266. The van der Waals surface area contributed by atoms with Crippen LogP contribution in [0.5, 0.6) is 0 Å². The number of Topliss-reactive ketones (excluding diaryl/α,β-unsaturated/α-hetero) is 1. The molecule has 0 bridgehead atoms. The predicted molar refractivity (Wildman–Crippen MR) is 122 cm³/mol. The zero-order chi connectivity index (χ0) is 24.6.